The number of ether oxygens (including phenoxy) is 1. The predicted molar refractivity (Wildman–Crippen MR) is 77.2 cm³/mol. The maximum absolute atomic E-state index is 11.9. The van der Waals surface area contributed by atoms with Crippen molar-refractivity contribution in [3.63, 3.8) is 0 Å². The minimum Gasteiger partial charge on any atom is -0.426 e. The largest absolute Gasteiger partial charge is 0.426 e. The molecule has 3 nitrogen and oxygen atoms in total. The van der Waals surface area contributed by atoms with E-state index in [0.29, 0.717) is 10.6 Å². The second-order valence-electron chi connectivity index (χ2n) is 4.33. The highest BCUT2D eigenvalue weighted by molar-refractivity contribution is 6.31. The number of hydrogen-bond donors (Lipinski definition) is 0. The molecule has 0 aliphatic carbocycles. The highest BCUT2D eigenvalue weighted by Gasteiger charge is 2.13. The molecule has 4 heteroatoms. The van der Waals surface area contributed by atoms with Crippen LogP contribution in [-0.4, -0.2) is 11.8 Å². The molecule has 0 saturated carbocycles. The summed E-state index contributed by atoms with van der Waals surface area (Å²) in [5.74, 6) is -0.376. The van der Waals surface area contributed by atoms with Gasteiger partial charge in [0.25, 0.3) is 0 Å². The number of ketones is 1. The van der Waals surface area contributed by atoms with E-state index in [1.807, 2.05) is 30.3 Å². The Morgan fingerprint density at radius 3 is 2.45 bits per heavy atom. The van der Waals surface area contributed by atoms with Crippen LogP contribution < -0.4 is 4.74 Å². The molecule has 102 valence electrons. The molecule has 0 N–H and O–H groups in total. The van der Waals surface area contributed by atoms with Gasteiger partial charge in [-0.05, 0) is 30.7 Å². The first-order valence-electron chi connectivity index (χ1n) is 6.11. The molecule has 0 atom stereocenters. The van der Waals surface area contributed by atoms with Crippen LogP contribution >= 0.6 is 11.6 Å². The number of hydrogen-bond acceptors (Lipinski definition) is 3. The first-order chi connectivity index (χ1) is 9.56. The molecule has 0 spiro atoms. The Kier molecular flexibility index (Phi) is 4.53. The summed E-state index contributed by atoms with van der Waals surface area (Å²) in [6.07, 6.45) is 0.154. The normalized spacial score (nSPS) is 10.1. The van der Waals surface area contributed by atoms with E-state index in [9.17, 15) is 9.59 Å². The summed E-state index contributed by atoms with van der Waals surface area (Å²) in [5.41, 5.74) is 1.16. The molecule has 2 rings (SSSR count). The molecular weight excluding hydrogens is 276 g/mol. The second kappa shape index (κ2) is 6.35. The highest BCUT2D eigenvalue weighted by atomic mass is 35.5. The summed E-state index contributed by atoms with van der Waals surface area (Å²) in [4.78, 5) is 23.4. The molecule has 0 aliphatic rings. The van der Waals surface area contributed by atoms with Gasteiger partial charge >= 0.3 is 5.97 Å². The molecular formula is C16H13ClO3. The van der Waals surface area contributed by atoms with Crippen LogP contribution in [0.5, 0.6) is 5.75 Å². The van der Waals surface area contributed by atoms with E-state index in [1.165, 1.54) is 19.1 Å². The van der Waals surface area contributed by atoms with Crippen molar-refractivity contribution in [1.82, 2.24) is 0 Å². The zero-order valence-corrected chi connectivity index (χ0v) is 11.7. The summed E-state index contributed by atoms with van der Waals surface area (Å²) in [6.45, 7) is 1.40. The van der Waals surface area contributed by atoms with E-state index >= 15 is 0 Å². The number of carbonyl (C=O) groups excluding carboxylic acids is 2. The quantitative estimate of drug-likeness (QED) is 0.489. The first-order valence-corrected chi connectivity index (χ1v) is 6.49. The van der Waals surface area contributed by atoms with E-state index in [4.69, 9.17) is 16.3 Å². The topological polar surface area (TPSA) is 43.4 Å². The number of carbonyl (C=O) groups is 2. The van der Waals surface area contributed by atoms with E-state index < -0.39 is 5.97 Å². The molecule has 0 bridgehead atoms. The minimum absolute atomic E-state index is 0.154. The van der Waals surface area contributed by atoms with Crippen LogP contribution in [0.25, 0.3) is 0 Å². The number of halogens is 1. The van der Waals surface area contributed by atoms with Crippen LogP contribution in [0.3, 0.4) is 0 Å². The van der Waals surface area contributed by atoms with Gasteiger partial charge in [-0.15, -0.1) is 0 Å². The van der Waals surface area contributed by atoms with Crippen molar-refractivity contribution in [2.24, 2.45) is 0 Å². The van der Waals surface area contributed by atoms with Crippen LogP contribution in [0.2, 0.25) is 5.02 Å². The Morgan fingerprint density at radius 2 is 1.80 bits per heavy atom. The summed E-state index contributed by atoms with van der Waals surface area (Å²) >= 11 is 5.83. The van der Waals surface area contributed by atoms with Gasteiger partial charge in [-0.3, -0.25) is 9.59 Å². The number of rotatable bonds is 4. The van der Waals surface area contributed by atoms with Crippen LogP contribution in [0.15, 0.2) is 48.5 Å². The Labute approximate surface area is 122 Å². The fraction of sp³-hybridized carbons (Fsp3) is 0.125. The molecule has 0 saturated heterocycles. The molecule has 0 heterocycles. The minimum atomic E-state index is -0.416. The smallest absolute Gasteiger partial charge is 0.315 e. The van der Waals surface area contributed by atoms with E-state index in [2.05, 4.69) is 0 Å². The molecule has 0 radical (unpaired) electrons. The Balaban J connectivity index is 2.14. The van der Waals surface area contributed by atoms with Crippen LogP contribution in [0, 0.1) is 0 Å². The van der Waals surface area contributed by atoms with Crippen LogP contribution in [-0.2, 0) is 11.2 Å². The van der Waals surface area contributed by atoms with Gasteiger partial charge in [0, 0.05) is 5.02 Å². The van der Waals surface area contributed by atoms with E-state index in [1.54, 1.807) is 6.07 Å². The van der Waals surface area contributed by atoms with Crippen LogP contribution in [0.1, 0.15) is 22.8 Å². The average Bonchev–Trinajstić information content (AvgIpc) is 2.41. The van der Waals surface area contributed by atoms with E-state index in [-0.39, 0.29) is 18.0 Å². The average molecular weight is 289 g/mol. The maximum Gasteiger partial charge on any atom is 0.315 e. The van der Waals surface area contributed by atoms with Crippen molar-refractivity contribution in [1.29, 1.82) is 0 Å². The highest BCUT2D eigenvalue weighted by Crippen LogP contribution is 2.23. The molecule has 2 aromatic rings. The van der Waals surface area contributed by atoms with E-state index in [0.717, 1.165) is 5.56 Å². The summed E-state index contributed by atoms with van der Waals surface area (Å²) in [7, 11) is 0. The first kappa shape index (κ1) is 14.3. The lowest BCUT2D eigenvalue weighted by Crippen LogP contribution is -2.13. The SMILES string of the molecule is CC(=O)c1cc(Cl)ccc1OC(=O)Cc1ccccc1. The monoisotopic (exact) mass is 288 g/mol. The molecule has 0 aliphatic heterocycles. The summed E-state index contributed by atoms with van der Waals surface area (Å²) < 4.78 is 5.25. The van der Waals surface area contributed by atoms with Gasteiger partial charge in [-0.1, -0.05) is 41.9 Å². The van der Waals surface area contributed by atoms with Crippen molar-refractivity contribution >= 4 is 23.4 Å². The number of benzene rings is 2. The zero-order valence-electron chi connectivity index (χ0n) is 10.9. The Bertz CT molecular complexity index is 635. The Morgan fingerprint density at radius 1 is 1.10 bits per heavy atom. The summed E-state index contributed by atoms with van der Waals surface area (Å²) in [6, 6.07) is 13.9. The predicted octanol–water partition coefficient (Wildman–Crippen LogP) is 3.69. The van der Waals surface area contributed by atoms with Crippen LogP contribution in [0.4, 0.5) is 0 Å². The summed E-state index contributed by atoms with van der Waals surface area (Å²) in [5, 5.41) is 0.429. The molecule has 0 unspecified atom stereocenters. The second-order valence-corrected chi connectivity index (χ2v) is 4.77. The third-order valence-electron chi connectivity index (χ3n) is 2.74. The van der Waals surface area contributed by atoms with Gasteiger partial charge in [0.15, 0.2) is 5.78 Å². The fourth-order valence-corrected chi connectivity index (χ4v) is 1.96. The van der Waals surface area contributed by atoms with Gasteiger partial charge < -0.3 is 4.74 Å². The van der Waals surface area contributed by atoms with Gasteiger partial charge in [-0.25, -0.2) is 0 Å². The van der Waals surface area contributed by atoms with Gasteiger partial charge in [0.05, 0.1) is 12.0 Å². The third kappa shape index (κ3) is 3.68. The molecule has 0 aromatic heterocycles. The standard InChI is InChI=1S/C16H13ClO3/c1-11(18)14-10-13(17)7-8-15(14)20-16(19)9-12-5-3-2-4-6-12/h2-8,10H,9H2,1H3. The van der Waals surface area contributed by atoms with Gasteiger partial charge in [0.1, 0.15) is 5.75 Å². The van der Waals surface area contributed by atoms with Crippen molar-refractivity contribution in [3.8, 4) is 5.75 Å². The number of Topliss-reactive ketones (excluding diaryl/α,β-unsaturated/α-hetero) is 1. The molecule has 2 aromatic carbocycles. The Hall–Kier alpha value is -2.13. The molecule has 0 fully saturated rings. The fourth-order valence-electron chi connectivity index (χ4n) is 1.79. The van der Waals surface area contributed by atoms with Gasteiger partial charge in [0.2, 0.25) is 0 Å². The van der Waals surface area contributed by atoms with Crippen molar-refractivity contribution in [2.75, 3.05) is 0 Å². The van der Waals surface area contributed by atoms with Crippen molar-refractivity contribution < 1.29 is 14.3 Å². The van der Waals surface area contributed by atoms with Crippen molar-refractivity contribution in [2.45, 2.75) is 13.3 Å². The third-order valence-corrected chi connectivity index (χ3v) is 2.97. The maximum atomic E-state index is 11.9. The molecule has 0 amide bonds. The lowest BCUT2D eigenvalue weighted by Gasteiger charge is -2.08. The van der Waals surface area contributed by atoms with Crippen molar-refractivity contribution in [3.05, 3.63) is 64.7 Å². The molecule has 20 heavy (non-hydrogen) atoms. The zero-order chi connectivity index (χ0) is 14.5. The van der Waals surface area contributed by atoms with Gasteiger partial charge in [-0.2, -0.15) is 0 Å². The lowest BCUT2D eigenvalue weighted by molar-refractivity contribution is -0.133. The lowest BCUT2D eigenvalue weighted by atomic mass is 10.1. The number of esters is 1.